The molecule has 140 valence electrons. The van der Waals surface area contributed by atoms with Crippen molar-refractivity contribution in [2.24, 2.45) is 5.92 Å². The van der Waals surface area contributed by atoms with Gasteiger partial charge in [0.1, 0.15) is 0 Å². The molecule has 0 fully saturated rings. The normalized spacial score (nSPS) is 13.3. The molecular weight excluding hydrogens is 341 g/mol. The van der Waals surface area contributed by atoms with E-state index in [1.165, 1.54) is 0 Å². The zero-order valence-corrected chi connectivity index (χ0v) is 14.5. The summed E-state index contributed by atoms with van der Waals surface area (Å²) in [5.41, 5.74) is -2.74. The maximum Gasteiger partial charge on any atom is 0.418 e. The van der Waals surface area contributed by atoms with Crippen molar-refractivity contribution >= 4 is 12.0 Å². The Balaban J connectivity index is 3.52. The van der Waals surface area contributed by atoms with Crippen LogP contribution in [0.2, 0.25) is 0 Å². The predicted octanol–water partition coefficient (Wildman–Crippen LogP) is 3.03. The van der Waals surface area contributed by atoms with Gasteiger partial charge in [0.2, 0.25) is 0 Å². The number of nitrogens with zero attached hydrogens (tertiary/aromatic N) is 2. The zero-order valence-electron chi connectivity index (χ0n) is 14.5. The first-order valence-corrected chi connectivity index (χ1v) is 7.68. The summed E-state index contributed by atoms with van der Waals surface area (Å²) in [5, 5.41) is 3.75. The minimum atomic E-state index is -4.77. The molecule has 0 amide bonds. The average Bonchev–Trinajstić information content (AvgIpc) is 2.52. The molecule has 0 aliphatic rings. The highest BCUT2D eigenvalue weighted by atomic mass is 19.4. The van der Waals surface area contributed by atoms with Gasteiger partial charge in [-0.3, -0.25) is 4.79 Å². The van der Waals surface area contributed by atoms with Gasteiger partial charge in [-0.05, 0) is 19.3 Å². The van der Waals surface area contributed by atoms with Crippen LogP contribution < -0.4 is 5.56 Å². The molecular formula is C16H21F3N2O4. The molecule has 0 N–H and O–H groups in total. The van der Waals surface area contributed by atoms with Crippen LogP contribution in [0.5, 0.6) is 0 Å². The molecule has 0 aliphatic heterocycles. The number of carbonyl (C=O) groups is 1. The Hall–Kier alpha value is -2.32. The van der Waals surface area contributed by atoms with E-state index in [-0.39, 0.29) is 18.9 Å². The fourth-order valence-electron chi connectivity index (χ4n) is 2.14. The van der Waals surface area contributed by atoms with Gasteiger partial charge in [-0.25, -0.2) is 9.48 Å². The van der Waals surface area contributed by atoms with Gasteiger partial charge < -0.3 is 9.47 Å². The Kier molecular flexibility index (Phi) is 7.20. The third-order valence-corrected chi connectivity index (χ3v) is 3.24. The molecule has 0 saturated carbocycles. The smallest absolute Gasteiger partial charge is 0.418 e. The summed E-state index contributed by atoms with van der Waals surface area (Å²) in [5.74, 6) is -0.759. The second-order valence-corrected chi connectivity index (χ2v) is 5.65. The van der Waals surface area contributed by atoms with E-state index in [1.54, 1.807) is 20.8 Å². The molecule has 0 aliphatic carbocycles. The maximum atomic E-state index is 13.2. The third-order valence-electron chi connectivity index (χ3n) is 3.24. The molecule has 1 aromatic heterocycles. The summed E-state index contributed by atoms with van der Waals surface area (Å²) in [7, 11) is 1.14. The Morgan fingerprint density at radius 2 is 2.04 bits per heavy atom. The maximum absolute atomic E-state index is 13.2. The van der Waals surface area contributed by atoms with Gasteiger partial charge in [-0.1, -0.05) is 13.8 Å². The van der Waals surface area contributed by atoms with Crippen LogP contribution in [0.4, 0.5) is 13.2 Å². The van der Waals surface area contributed by atoms with Crippen molar-refractivity contribution in [3.05, 3.63) is 33.9 Å². The first kappa shape index (κ1) is 20.7. The Morgan fingerprint density at radius 1 is 1.40 bits per heavy atom. The summed E-state index contributed by atoms with van der Waals surface area (Å²) >= 11 is 0. The lowest BCUT2D eigenvalue weighted by Crippen LogP contribution is -2.35. The average molecular weight is 362 g/mol. The van der Waals surface area contributed by atoms with Crippen LogP contribution >= 0.6 is 0 Å². The summed E-state index contributed by atoms with van der Waals surface area (Å²) in [6.45, 7) is 5.54. The molecule has 1 aromatic rings. The monoisotopic (exact) mass is 362 g/mol. The van der Waals surface area contributed by atoms with Crippen LogP contribution in [0.3, 0.4) is 0 Å². The summed E-state index contributed by atoms with van der Waals surface area (Å²) in [6, 6.07) is -0.687. The van der Waals surface area contributed by atoms with Gasteiger partial charge in [0.15, 0.2) is 6.04 Å². The van der Waals surface area contributed by atoms with E-state index >= 15 is 0 Å². The number of carbonyl (C=O) groups excluding carboxylic acids is 1. The molecule has 1 heterocycles. The lowest BCUT2D eigenvalue weighted by molar-refractivity contribution is -0.145. The van der Waals surface area contributed by atoms with Crippen LogP contribution in [0.25, 0.3) is 6.08 Å². The number of aromatic nitrogens is 2. The fourth-order valence-corrected chi connectivity index (χ4v) is 2.14. The standard InChI is InChI=1S/C16H21F3N2O4/c1-5-25-7-6-12-11(16(17,18)19)9-14(22)21(20-12)13(8-10(2)3)15(23)24-4/h6-7,9-10,13H,5,8H2,1-4H3/b7-6+. The molecule has 0 aromatic carbocycles. The molecule has 1 atom stereocenters. The number of halogens is 3. The van der Waals surface area contributed by atoms with Gasteiger partial charge in [-0.15, -0.1) is 0 Å². The first-order chi connectivity index (χ1) is 11.6. The van der Waals surface area contributed by atoms with Crippen LogP contribution in [0, 0.1) is 5.92 Å². The Labute approximate surface area is 143 Å². The van der Waals surface area contributed by atoms with E-state index in [0.717, 1.165) is 24.1 Å². The van der Waals surface area contributed by atoms with Gasteiger partial charge in [0, 0.05) is 12.1 Å². The predicted molar refractivity (Wildman–Crippen MR) is 84.7 cm³/mol. The molecule has 9 heteroatoms. The van der Waals surface area contributed by atoms with Crippen LogP contribution in [-0.2, 0) is 20.4 Å². The lowest BCUT2D eigenvalue weighted by atomic mass is 10.0. The van der Waals surface area contributed by atoms with E-state index < -0.39 is 35.0 Å². The molecule has 6 nitrogen and oxygen atoms in total. The third kappa shape index (κ3) is 5.61. The molecule has 0 radical (unpaired) electrons. The number of methoxy groups -OCH3 is 1. The summed E-state index contributed by atoms with van der Waals surface area (Å²) in [6.07, 6.45) is -2.51. The minimum Gasteiger partial charge on any atom is -0.501 e. The number of rotatable bonds is 7. The Bertz CT molecular complexity index is 681. The molecule has 1 rings (SSSR count). The molecule has 0 spiro atoms. The van der Waals surface area contributed by atoms with Crippen molar-refractivity contribution in [1.82, 2.24) is 9.78 Å². The van der Waals surface area contributed by atoms with Crippen LogP contribution in [0.15, 0.2) is 17.1 Å². The molecule has 0 saturated heterocycles. The van der Waals surface area contributed by atoms with Crippen LogP contribution in [0.1, 0.15) is 44.5 Å². The van der Waals surface area contributed by atoms with E-state index in [4.69, 9.17) is 4.74 Å². The van der Waals surface area contributed by atoms with E-state index in [9.17, 15) is 22.8 Å². The SMILES string of the molecule is CCO/C=C/c1nn(C(CC(C)C)C(=O)OC)c(=O)cc1C(F)(F)F. The van der Waals surface area contributed by atoms with Gasteiger partial charge in [-0.2, -0.15) is 18.3 Å². The van der Waals surface area contributed by atoms with Crippen molar-refractivity contribution in [3.8, 4) is 0 Å². The Morgan fingerprint density at radius 3 is 2.52 bits per heavy atom. The van der Waals surface area contributed by atoms with Gasteiger partial charge in [0.05, 0.1) is 31.2 Å². The number of hydrogen-bond acceptors (Lipinski definition) is 5. The quantitative estimate of drug-likeness (QED) is 0.551. The molecule has 25 heavy (non-hydrogen) atoms. The highest BCUT2D eigenvalue weighted by Gasteiger charge is 2.36. The van der Waals surface area contributed by atoms with Gasteiger partial charge >= 0.3 is 12.1 Å². The number of hydrogen-bond donors (Lipinski definition) is 0. The van der Waals surface area contributed by atoms with E-state index in [1.807, 2.05) is 0 Å². The van der Waals surface area contributed by atoms with Crippen molar-refractivity contribution in [3.63, 3.8) is 0 Å². The number of ether oxygens (including phenoxy) is 2. The largest absolute Gasteiger partial charge is 0.501 e. The number of alkyl halides is 3. The minimum absolute atomic E-state index is 0.0116. The lowest BCUT2D eigenvalue weighted by Gasteiger charge is -2.20. The van der Waals surface area contributed by atoms with Gasteiger partial charge in [0.25, 0.3) is 5.56 Å². The van der Waals surface area contributed by atoms with Crippen LogP contribution in [-0.4, -0.2) is 29.5 Å². The molecule has 0 bridgehead atoms. The second kappa shape index (κ2) is 8.68. The zero-order chi connectivity index (χ0) is 19.2. The highest BCUT2D eigenvalue weighted by Crippen LogP contribution is 2.31. The van der Waals surface area contributed by atoms with E-state index in [0.29, 0.717) is 6.07 Å². The topological polar surface area (TPSA) is 70.4 Å². The first-order valence-electron chi connectivity index (χ1n) is 7.68. The van der Waals surface area contributed by atoms with E-state index in [2.05, 4.69) is 9.84 Å². The fraction of sp³-hybridized carbons (Fsp3) is 0.562. The second-order valence-electron chi connectivity index (χ2n) is 5.65. The van der Waals surface area contributed by atoms with Crippen molar-refractivity contribution < 1.29 is 27.4 Å². The summed E-state index contributed by atoms with van der Waals surface area (Å²) < 4.78 is 49.7. The number of esters is 1. The van der Waals surface area contributed by atoms with Crippen molar-refractivity contribution in [2.45, 2.75) is 39.4 Å². The van der Waals surface area contributed by atoms with Crippen molar-refractivity contribution in [1.29, 1.82) is 0 Å². The summed E-state index contributed by atoms with van der Waals surface area (Å²) in [4.78, 5) is 24.1. The molecule has 1 unspecified atom stereocenters. The van der Waals surface area contributed by atoms with Crippen molar-refractivity contribution in [2.75, 3.05) is 13.7 Å². The highest BCUT2D eigenvalue weighted by molar-refractivity contribution is 5.74.